The van der Waals surface area contributed by atoms with Crippen LogP contribution in [0.3, 0.4) is 0 Å². The van der Waals surface area contributed by atoms with Crippen LogP contribution in [0.5, 0.6) is 5.75 Å². The van der Waals surface area contributed by atoms with Gasteiger partial charge in [0.2, 0.25) is 0 Å². The monoisotopic (exact) mass is 275 g/mol. The first-order valence-electron chi connectivity index (χ1n) is 7.94. The third-order valence-electron chi connectivity index (χ3n) is 4.76. The van der Waals surface area contributed by atoms with Gasteiger partial charge in [0.15, 0.2) is 0 Å². The Morgan fingerprint density at radius 1 is 1.30 bits per heavy atom. The zero-order valence-electron chi connectivity index (χ0n) is 13.4. The third kappa shape index (κ3) is 3.54. The van der Waals surface area contributed by atoms with Gasteiger partial charge >= 0.3 is 0 Å². The Hall–Kier alpha value is -1.02. The summed E-state index contributed by atoms with van der Waals surface area (Å²) in [6.45, 7) is 7.91. The summed E-state index contributed by atoms with van der Waals surface area (Å²) in [4.78, 5) is 0. The van der Waals surface area contributed by atoms with E-state index in [1.165, 1.54) is 31.2 Å². The van der Waals surface area contributed by atoms with E-state index in [1.807, 2.05) is 6.07 Å². The number of hydrogen-bond donors (Lipinski definition) is 1. The number of ether oxygens (including phenoxy) is 1. The maximum absolute atomic E-state index is 5.42. The lowest BCUT2D eigenvalue weighted by Crippen LogP contribution is -2.43. The molecule has 0 spiro atoms. The molecule has 1 aromatic carbocycles. The topological polar surface area (TPSA) is 21.3 Å². The first-order valence-corrected chi connectivity index (χ1v) is 7.94. The van der Waals surface area contributed by atoms with Gasteiger partial charge in [-0.2, -0.15) is 0 Å². The van der Waals surface area contributed by atoms with Crippen LogP contribution < -0.4 is 10.1 Å². The van der Waals surface area contributed by atoms with E-state index in [9.17, 15) is 0 Å². The molecule has 2 nitrogen and oxygen atoms in total. The molecule has 0 heterocycles. The van der Waals surface area contributed by atoms with Crippen molar-refractivity contribution < 1.29 is 4.74 Å². The molecule has 1 aliphatic rings. The highest BCUT2D eigenvalue weighted by molar-refractivity contribution is 5.34. The van der Waals surface area contributed by atoms with Crippen LogP contribution in [0, 0.1) is 5.92 Å². The van der Waals surface area contributed by atoms with E-state index in [0.29, 0.717) is 6.04 Å². The fraction of sp³-hybridized carbons (Fsp3) is 0.667. The van der Waals surface area contributed by atoms with E-state index in [1.54, 1.807) is 7.11 Å². The fourth-order valence-electron chi connectivity index (χ4n) is 3.23. The average molecular weight is 275 g/mol. The third-order valence-corrected chi connectivity index (χ3v) is 4.76. The largest absolute Gasteiger partial charge is 0.497 e. The molecule has 20 heavy (non-hydrogen) atoms. The van der Waals surface area contributed by atoms with Gasteiger partial charge in [0, 0.05) is 18.0 Å². The Balaban J connectivity index is 2.25. The highest BCUT2D eigenvalue weighted by Crippen LogP contribution is 2.42. The summed E-state index contributed by atoms with van der Waals surface area (Å²) in [7, 11) is 1.75. The van der Waals surface area contributed by atoms with Crippen molar-refractivity contribution in [3.05, 3.63) is 29.8 Å². The van der Waals surface area contributed by atoms with E-state index in [-0.39, 0.29) is 5.41 Å². The molecule has 0 bridgehead atoms. The van der Waals surface area contributed by atoms with Crippen LogP contribution in [-0.4, -0.2) is 19.7 Å². The second kappa shape index (κ2) is 6.62. The van der Waals surface area contributed by atoms with Crippen molar-refractivity contribution in [3.8, 4) is 5.75 Å². The zero-order chi connectivity index (χ0) is 14.6. The average Bonchev–Trinajstić information content (AvgIpc) is 2.47. The van der Waals surface area contributed by atoms with Gasteiger partial charge in [-0.1, -0.05) is 32.9 Å². The molecule has 0 atom stereocenters. The predicted octanol–water partition coefficient (Wildman–Crippen LogP) is 4.14. The Kier molecular flexibility index (Phi) is 5.09. The van der Waals surface area contributed by atoms with E-state index >= 15 is 0 Å². The smallest absolute Gasteiger partial charge is 0.119 e. The van der Waals surface area contributed by atoms with E-state index in [4.69, 9.17) is 4.74 Å². The maximum Gasteiger partial charge on any atom is 0.119 e. The van der Waals surface area contributed by atoms with Crippen molar-refractivity contribution in [1.82, 2.24) is 5.32 Å². The summed E-state index contributed by atoms with van der Waals surface area (Å²) in [5.74, 6) is 1.85. The molecule has 0 saturated heterocycles. The van der Waals surface area contributed by atoms with Gasteiger partial charge in [0.1, 0.15) is 5.75 Å². The van der Waals surface area contributed by atoms with Gasteiger partial charge in [0.25, 0.3) is 0 Å². The van der Waals surface area contributed by atoms with E-state index < -0.39 is 0 Å². The summed E-state index contributed by atoms with van der Waals surface area (Å²) < 4.78 is 5.42. The number of methoxy groups -OCH3 is 1. The van der Waals surface area contributed by atoms with Crippen LogP contribution in [0.25, 0.3) is 0 Å². The van der Waals surface area contributed by atoms with Gasteiger partial charge in [-0.15, -0.1) is 0 Å². The fourth-order valence-corrected chi connectivity index (χ4v) is 3.23. The molecule has 0 unspecified atom stereocenters. The summed E-state index contributed by atoms with van der Waals surface area (Å²) in [6, 6.07) is 9.22. The van der Waals surface area contributed by atoms with Gasteiger partial charge < -0.3 is 10.1 Å². The van der Waals surface area contributed by atoms with Crippen molar-refractivity contribution in [1.29, 1.82) is 0 Å². The number of benzene rings is 1. The predicted molar refractivity (Wildman–Crippen MR) is 85.4 cm³/mol. The van der Waals surface area contributed by atoms with Crippen LogP contribution in [0.4, 0.5) is 0 Å². The summed E-state index contributed by atoms with van der Waals surface area (Å²) in [5.41, 5.74) is 1.72. The quantitative estimate of drug-likeness (QED) is 0.872. The zero-order valence-corrected chi connectivity index (χ0v) is 13.4. The van der Waals surface area contributed by atoms with Crippen molar-refractivity contribution >= 4 is 0 Å². The Bertz CT molecular complexity index is 419. The Morgan fingerprint density at radius 2 is 2.00 bits per heavy atom. The summed E-state index contributed by atoms with van der Waals surface area (Å²) >= 11 is 0. The van der Waals surface area contributed by atoms with Crippen molar-refractivity contribution in [2.45, 2.75) is 57.9 Å². The Labute approximate surface area is 123 Å². The van der Waals surface area contributed by atoms with Gasteiger partial charge in [-0.3, -0.25) is 0 Å². The second-order valence-electron chi connectivity index (χ2n) is 6.73. The van der Waals surface area contributed by atoms with E-state index in [0.717, 1.165) is 18.2 Å². The van der Waals surface area contributed by atoms with Crippen LogP contribution in [0.1, 0.15) is 52.0 Å². The maximum atomic E-state index is 5.42. The summed E-state index contributed by atoms with van der Waals surface area (Å²) in [6.07, 6.45) is 5.22. The first kappa shape index (κ1) is 15.4. The van der Waals surface area contributed by atoms with Gasteiger partial charge in [-0.05, 0) is 49.3 Å². The molecule has 1 aromatic rings. The van der Waals surface area contributed by atoms with Crippen molar-refractivity contribution in [3.63, 3.8) is 0 Å². The molecule has 2 rings (SSSR count). The molecule has 0 amide bonds. The van der Waals surface area contributed by atoms with Crippen LogP contribution in [0.15, 0.2) is 24.3 Å². The molecule has 1 N–H and O–H groups in total. The summed E-state index contributed by atoms with van der Waals surface area (Å²) in [5, 5.41) is 3.67. The molecule has 112 valence electrons. The number of hydrogen-bond acceptors (Lipinski definition) is 2. The van der Waals surface area contributed by atoms with E-state index in [2.05, 4.69) is 44.3 Å². The first-order chi connectivity index (χ1) is 9.55. The molecule has 0 aliphatic heterocycles. The molecule has 1 fully saturated rings. The lowest BCUT2D eigenvalue weighted by molar-refractivity contribution is 0.229. The normalized spacial score (nSPS) is 26.8. The molecule has 1 aliphatic carbocycles. The lowest BCUT2D eigenvalue weighted by Gasteiger charge is -2.41. The molecule has 2 heteroatoms. The van der Waals surface area contributed by atoms with Gasteiger partial charge in [-0.25, -0.2) is 0 Å². The SMILES string of the molecule is COc1cccc(C2(CNC(C)C)CCC(C)CC2)c1. The second-order valence-corrected chi connectivity index (χ2v) is 6.73. The standard InChI is InChI=1S/C18H29NO/c1-14(2)19-13-18(10-8-15(3)9-11-18)16-6-5-7-17(12-16)20-4/h5-7,12,14-15,19H,8-11,13H2,1-4H3. The molecular weight excluding hydrogens is 246 g/mol. The van der Waals surface area contributed by atoms with Crippen LogP contribution >= 0.6 is 0 Å². The molecule has 0 aromatic heterocycles. The minimum absolute atomic E-state index is 0.283. The minimum Gasteiger partial charge on any atom is -0.497 e. The molecular formula is C18H29NO. The van der Waals surface area contributed by atoms with Crippen LogP contribution in [-0.2, 0) is 5.41 Å². The highest BCUT2D eigenvalue weighted by Gasteiger charge is 2.35. The molecule has 1 saturated carbocycles. The van der Waals surface area contributed by atoms with Crippen molar-refractivity contribution in [2.24, 2.45) is 5.92 Å². The number of rotatable bonds is 5. The Morgan fingerprint density at radius 3 is 2.60 bits per heavy atom. The highest BCUT2D eigenvalue weighted by atomic mass is 16.5. The van der Waals surface area contributed by atoms with Crippen molar-refractivity contribution in [2.75, 3.05) is 13.7 Å². The minimum atomic E-state index is 0.283. The van der Waals surface area contributed by atoms with Gasteiger partial charge in [0.05, 0.1) is 7.11 Å². The molecule has 0 radical (unpaired) electrons. The lowest BCUT2D eigenvalue weighted by atomic mass is 9.67. The number of nitrogens with one attached hydrogen (secondary N) is 1. The van der Waals surface area contributed by atoms with Crippen LogP contribution in [0.2, 0.25) is 0 Å².